The average Bonchev–Trinajstić information content (AvgIpc) is 2.51. The minimum atomic E-state index is -3.57. The van der Waals surface area contributed by atoms with E-state index in [2.05, 4.69) is 0 Å². The summed E-state index contributed by atoms with van der Waals surface area (Å²) in [6.07, 6.45) is 0. The van der Waals surface area contributed by atoms with Crippen LogP contribution in [0.4, 0.5) is 0 Å². The monoisotopic (exact) mass is 336 g/mol. The molecule has 0 bridgehead atoms. The molecule has 3 rings (SSSR count). The topological polar surface area (TPSA) is 107 Å². The molecule has 2 heterocycles. The second-order valence-electron chi connectivity index (χ2n) is 5.62. The quantitative estimate of drug-likeness (QED) is 0.611. The highest BCUT2D eigenvalue weighted by Crippen LogP contribution is 2.36. The normalized spacial score (nSPS) is 25.7. The molecular weight excluding hydrogens is 320 g/mol. The molecule has 2 N–H and O–H groups in total. The molecule has 122 valence electrons. The number of carbonyl (C=O) groups excluding carboxylic acids is 2. The molecular formula is C15H16N2O5S. The number of hydrogen-bond acceptors (Lipinski definition) is 6. The number of rotatable bonds is 3. The molecule has 1 fully saturated rings. The van der Waals surface area contributed by atoms with Gasteiger partial charge in [0.1, 0.15) is 18.3 Å². The molecule has 0 aromatic heterocycles. The van der Waals surface area contributed by atoms with Gasteiger partial charge in [0.15, 0.2) is 15.2 Å². The summed E-state index contributed by atoms with van der Waals surface area (Å²) in [4.78, 5) is 25.2. The van der Waals surface area contributed by atoms with E-state index in [1.807, 2.05) is 18.2 Å². The van der Waals surface area contributed by atoms with Crippen molar-refractivity contribution in [1.82, 2.24) is 4.90 Å². The predicted octanol–water partition coefficient (Wildman–Crippen LogP) is -0.0722. The summed E-state index contributed by atoms with van der Waals surface area (Å²) >= 11 is 0. The van der Waals surface area contributed by atoms with Gasteiger partial charge in [0.2, 0.25) is 5.91 Å². The number of carbonyl (C=O) groups is 2. The molecule has 1 saturated heterocycles. The Bertz CT molecular complexity index is 800. The molecule has 8 heteroatoms. The number of benzene rings is 1. The number of amides is 1. The molecule has 0 saturated carbocycles. The average molecular weight is 336 g/mol. The fourth-order valence-electron chi connectivity index (χ4n) is 2.83. The van der Waals surface area contributed by atoms with Crippen LogP contribution in [-0.2, 0) is 30.8 Å². The van der Waals surface area contributed by atoms with Crippen molar-refractivity contribution in [3.05, 3.63) is 47.2 Å². The second-order valence-corrected chi connectivity index (χ2v) is 7.72. The fourth-order valence-corrected chi connectivity index (χ4v) is 4.84. The Morgan fingerprint density at radius 3 is 2.65 bits per heavy atom. The van der Waals surface area contributed by atoms with Crippen molar-refractivity contribution in [2.75, 3.05) is 5.75 Å². The molecule has 1 aromatic carbocycles. The lowest BCUT2D eigenvalue weighted by Gasteiger charge is -2.47. The summed E-state index contributed by atoms with van der Waals surface area (Å²) < 4.78 is 29.4. The van der Waals surface area contributed by atoms with Gasteiger partial charge in [-0.2, -0.15) is 0 Å². The van der Waals surface area contributed by atoms with Crippen LogP contribution in [0, 0.1) is 0 Å². The number of nitrogens with two attached hydrogens (primary N) is 1. The van der Waals surface area contributed by atoms with Crippen molar-refractivity contribution in [3.63, 3.8) is 0 Å². The van der Waals surface area contributed by atoms with Crippen LogP contribution >= 0.6 is 0 Å². The Morgan fingerprint density at radius 1 is 1.35 bits per heavy atom. The third kappa shape index (κ3) is 2.53. The number of ether oxygens (including phenoxy) is 1. The van der Waals surface area contributed by atoms with Crippen LogP contribution in [0.5, 0.6) is 0 Å². The molecule has 0 radical (unpaired) electrons. The molecule has 0 aliphatic carbocycles. The van der Waals surface area contributed by atoms with Crippen molar-refractivity contribution in [3.8, 4) is 0 Å². The molecule has 1 amide bonds. The molecule has 0 spiro atoms. The zero-order valence-corrected chi connectivity index (χ0v) is 13.2. The van der Waals surface area contributed by atoms with Crippen LogP contribution in [0.15, 0.2) is 41.6 Å². The highest BCUT2D eigenvalue weighted by atomic mass is 32.2. The van der Waals surface area contributed by atoms with Gasteiger partial charge in [-0.05, 0) is 18.1 Å². The standard InChI is InChI=1S/C15H16N2O5S/c1-9-8-23(20,21)14-11(16)13(18)17(14)12(9)15(19)22-7-10-5-3-2-4-6-10/h2-6,11,14H,7-8,16H2,1H3/t11-,14?/m0/s1. The molecule has 2 atom stereocenters. The Hall–Kier alpha value is -2.19. The summed E-state index contributed by atoms with van der Waals surface area (Å²) in [6, 6.07) is 7.95. The first kappa shape index (κ1) is 15.7. The smallest absolute Gasteiger partial charge is 0.355 e. The number of β-lactam (4-membered cyclic amide) rings is 1. The zero-order valence-electron chi connectivity index (χ0n) is 12.4. The predicted molar refractivity (Wildman–Crippen MR) is 81.3 cm³/mol. The van der Waals surface area contributed by atoms with E-state index < -0.39 is 33.1 Å². The van der Waals surface area contributed by atoms with Gasteiger partial charge in [-0.15, -0.1) is 0 Å². The number of fused-ring (bicyclic) bond motifs is 1. The van der Waals surface area contributed by atoms with E-state index in [-0.39, 0.29) is 18.1 Å². The lowest BCUT2D eigenvalue weighted by molar-refractivity contribution is -0.151. The van der Waals surface area contributed by atoms with Gasteiger partial charge < -0.3 is 10.5 Å². The maximum atomic E-state index is 12.3. The van der Waals surface area contributed by atoms with E-state index in [1.165, 1.54) is 6.92 Å². The van der Waals surface area contributed by atoms with E-state index in [4.69, 9.17) is 10.5 Å². The minimum Gasteiger partial charge on any atom is -0.456 e. The van der Waals surface area contributed by atoms with Crippen molar-refractivity contribution >= 4 is 21.7 Å². The van der Waals surface area contributed by atoms with Crippen LogP contribution in [0.3, 0.4) is 0 Å². The van der Waals surface area contributed by atoms with Gasteiger partial charge in [0.25, 0.3) is 0 Å². The van der Waals surface area contributed by atoms with Crippen molar-refractivity contribution in [2.45, 2.75) is 24.9 Å². The van der Waals surface area contributed by atoms with Gasteiger partial charge >= 0.3 is 5.97 Å². The van der Waals surface area contributed by atoms with Gasteiger partial charge in [0.05, 0.1) is 5.75 Å². The van der Waals surface area contributed by atoms with Gasteiger partial charge in [-0.25, -0.2) is 13.2 Å². The Morgan fingerprint density at radius 2 is 2.00 bits per heavy atom. The van der Waals surface area contributed by atoms with Gasteiger partial charge in [-0.3, -0.25) is 9.69 Å². The summed E-state index contributed by atoms with van der Waals surface area (Å²) in [6.45, 7) is 1.55. The summed E-state index contributed by atoms with van der Waals surface area (Å²) in [5.74, 6) is -1.60. The van der Waals surface area contributed by atoms with E-state index in [0.717, 1.165) is 10.5 Å². The summed E-state index contributed by atoms with van der Waals surface area (Å²) in [7, 11) is -3.57. The molecule has 2 aliphatic heterocycles. The van der Waals surface area contributed by atoms with Gasteiger partial charge in [-0.1, -0.05) is 30.3 Å². The van der Waals surface area contributed by atoms with Crippen molar-refractivity contribution < 1.29 is 22.7 Å². The van der Waals surface area contributed by atoms with E-state index in [9.17, 15) is 18.0 Å². The SMILES string of the molecule is CC1=C(C(=O)OCc2ccccc2)N2C(=O)[C@H](N)C2S(=O)(=O)C1. The van der Waals surface area contributed by atoms with Crippen LogP contribution in [0.1, 0.15) is 12.5 Å². The van der Waals surface area contributed by atoms with E-state index in [0.29, 0.717) is 5.57 Å². The lowest BCUT2D eigenvalue weighted by Crippen LogP contribution is -2.73. The number of sulfone groups is 1. The maximum absolute atomic E-state index is 12.3. The molecule has 7 nitrogen and oxygen atoms in total. The number of esters is 1. The number of hydrogen-bond donors (Lipinski definition) is 1. The van der Waals surface area contributed by atoms with E-state index in [1.54, 1.807) is 12.1 Å². The highest BCUT2D eigenvalue weighted by molar-refractivity contribution is 7.92. The fraction of sp³-hybridized carbons (Fsp3) is 0.333. The van der Waals surface area contributed by atoms with Crippen molar-refractivity contribution in [2.24, 2.45) is 5.73 Å². The Kier molecular flexibility index (Phi) is 3.73. The van der Waals surface area contributed by atoms with Crippen LogP contribution < -0.4 is 5.73 Å². The summed E-state index contributed by atoms with van der Waals surface area (Å²) in [5.41, 5.74) is 6.66. The largest absolute Gasteiger partial charge is 0.456 e. The Labute approximate surface area is 133 Å². The molecule has 1 aromatic rings. The van der Waals surface area contributed by atoms with Gasteiger partial charge in [0, 0.05) is 0 Å². The molecule has 1 unspecified atom stereocenters. The third-order valence-electron chi connectivity index (χ3n) is 3.92. The third-order valence-corrected chi connectivity index (χ3v) is 6.00. The van der Waals surface area contributed by atoms with Crippen LogP contribution in [0.2, 0.25) is 0 Å². The minimum absolute atomic E-state index is 0.00699. The maximum Gasteiger partial charge on any atom is 0.355 e. The first-order valence-corrected chi connectivity index (χ1v) is 8.75. The summed E-state index contributed by atoms with van der Waals surface area (Å²) in [5, 5.41) is -1.17. The van der Waals surface area contributed by atoms with E-state index >= 15 is 0 Å². The Balaban J connectivity index is 1.83. The van der Waals surface area contributed by atoms with Crippen molar-refractivity contribution in [1.29, 1.82) is 0 Å². The first-order valence-electron chi connectivity index (χ1n) is 7.04. The second kappa shape index (κ2) is 5.47. The highest BCUT2D eigenvalue weighted by Gasteiger charge is 2.58. The molecule has 2 aliphatic rings. The first-order chi connectivity index (χ1) is 10.8. The van der Waals surface area contributed by atoms with Crippen LogP contribution in [-0.4, -0.2) is 42.4 Å². The number of nitrogens with zero attached hydrogens (tertiary/aromatic N) is 1. The zero-order chi connectivity index (χ0) is 16.8. The lowest BCUT2D eigenvalue weighted by atomic mass is 10.0. The van der Waals surface area contributed by atoms with Crippen LogP contribution in [0.25, 0.3) is 0 Å². The molecule has 23 heavy (non-hydrogen) atoms.